The van der Waals surface area contributed by atoms with Crippen LogP contribution in [0.2, 0.25) is 5.02 Å². The Balaban J connectivity index is 1.58. The Bertz CT molecular complexity index is 1290. The number of carbonyl (C=O) groups excluding carboxylic acids is 2. The molecule has 9 heteroatoms. The first-order chi connectivity index (χ1) is 14.8. The van der Waals surface area contributed by atoms with Gasteiger partial charge in [-0.15, -0.1) is 0 Å². The molecule has 4 rings (SSSR count). The molecule has 0 aliphatic carbocycles. The number of benzene rings is 1. The highest BCUT2D eigenvalue weighted by Gasteiger charge is 2.21. The van der Waals surface area contributed by atoms with Gasteiger partial charge in [0.25, 0.3) is 11.6 Å². The van der Waals surface area contributed by atoms with Gasteiger partial charge in [-0.25, -0.2) is 4.98 Å². The fraction of sp³-hybridized carbons (Fsp3) is 0.182. The number of aryl methyl sites for hydroxylation is 3. The van der Waals surface area contributed by atoms with Crippen molar-refractivity contribution in [2.45, 2.75) is 20.8 Å². The Hall–Kier alpha value is -3.65. The number of nitrogens with one attached hydrogen (secondary N) is 2. The standard InChI is InChI=1S/C22H19ClN4O4/c1-11-8-16(13(3)30-11)18-9-17(20-12(2)27-31-22(20)26-18)21(29)24-10-19(28)25-15-6-4-14(23)5-7-15/h4-9H,10H2,1-3H3,(H,24,29)(H,25,28). The quantitative estimate of drug-likeness (QED) is 0.477. The molecular weight excluding hydrogens is 420 g/mol. The van der Waals surface area contributed by atoms with Crippen molar-refractivity contribution in [1.82, 2.24) is 15.5 Å². The van der Waals surface area contributed by atoms with Crippen molar-refractivity contribution in [1.29, 1.82) is 0 Å². The number of hydrogen-bond donors (Lipinski definition) is 2. The number of aromatic nitrogens is 2. The zero-order valence-corrected chi connectivity index (χ0v) is 17.8. The molecule has 2 amide bonds. The molecule has 0 unspecified atom stereocenters. The van der Waals surface area contributed by atoms with Gasteiger partial charge in [0.1, 0.15) is 11.5 Å². The Morgan fingerprint density at radius 2 is 1.84 bits per heavy atom. The van der Waals surface area contributed by atoms with E-state index in [9.17, 15) is 9.59 Å². The minimum Gasteiger partial charge on any atom is -0.466 e. The minimum absolute atomic E-state index is 0.214. The number of nitrogens with zero attached hydrogens (tertiary/aromatic N) is 2. The minimum atomic E-state index is -0.441. The van der Waals surface area contributed by atoms with Gasteiger partial charge in [-0.05, 0) is 57.2 Å². The van der Waals surface area contributed by atoms with E-state index >= 15 is 0 Å². The van der Waals surface area contributed by atoms with E-state index in [-0.39, 0.29) is 18.2 Å². The molecule has 31 heavy (non-hydrogen) atoms. The van der Waals surface area contributed by atoms with Crippen LogP contribution < -0.4 is 10.6 Å². The molecule has 0 radical (unpaired) electrons. The smallest absolute Gasteiger partial charge is 0.259 e. The van der Waals surface area contributed by atoms with Crippen LogP contribution in [0.3, 0.4) is 0 Å². The summed E-state index contributed by atoms with van der Waals surface area (Å²) in [5.41, 5.74) is 2.94. The lowest BCUT2D eigenvalue weighted by Crippen LogP contribution is -2.33. The summed E-state index contributed by atoms with van der Waals surface area (Å²) in [7, 11) is 0. The number of fused-ring (bicyclic) bond motifs is 1. The van der Waals surface area contributed by atoms with Crippen LogP contribution in [-0.2, 0) is 4.79 Å². The van der Waals surface area contributed by atoms with E-state index < -0.39 is 5.91 Å². The summed E-state index contributed by atoms with van der Waals surface area (Å²) in [5.74, 6) is 0.593. The monoisotopic (exact) mass is 438 g/mol. The number of carbonyl (C=O) groups is 2. The summed E-state index contributed by atoms with van der Waals surface area (Å²) in [6.07, 6.45) is 0. The van der Waals surface area contributed by atoms with Crippen LogP contribution in [0.15, 0.2) is 45.3 Å². The number of hydrogen-bond acceptors (Lipinski definition) is 6. The third kappa shape index (κ3) is 4.29. The zero-order chi connectivity index (χ0) is 22.1. The molecule has 8 nitrogen and oxygen atoms in total. The molecule has 4 aromatic rings. The van der Waals surface area contributed by atoms with Gasteiger partial charge < -0.3 is 19.6 Å². The topological polar surface area (TPSA) is 110 Å². The zero-order valence-electron chi connectivity index (χ0n) is 17.1. The summed E-state index contributed by atoms with van der Waals surface area (Å²) >= 11 is 5.84. The number of furan rings is 1. The first kappa shape index (κ1) is 20.6. The number of pyridine rings is 1. The van der Waals surface area contributed by atoms with Gasteiger partial charge in [-0.1, -0.05) is 16.8 Å². The van der Waals surface area contributed by atoms with E-state index in [1.807, 2.05) is 19.9 Å². The van der Waals surface area contributed by atoms with E-state index in [4.69, 9.17) is 20.5 Å². The van der Waals surface area contributed by atoms with E-state index in [1.165, 1.54) is 0 Å². The molecule has 0 bridgehead atoms. The highest BCUT2D eigenvalue weighted by Crippen LogP contribution is 2.30. The molecule has 0 atom stereocenters. The Labute approximate surface area is 182 Å². The van der Waals surface area contributed by atoms with E-state index in [0.717, 1.165) is 11.3 Å². The lowest BCUT2D eigenvalue weighted by Gasteiger charge is -2.09. The number of rotatable bonds is 5. The van der Waals surface area contributed by atoms with E-state index in [1.54, 1.807) is 37.3 Å². The van der Waals surface area contributed by atoms with Gasteiger partial charge in [0.2, 0.25) is 5.91 Å². The number of halogens is 1. The average molecular weight is 439 g/mol. The first-order valence-corrected chi connectivity index (χ1v) is 9.87. The summed E-state index contributed by atoms with van der Waals surface area (Å²) in [4.78, 5) is 29.7. The third-order valence-electron chi connectivity index (χ3n) is 4.72. The predicted molar refractivity (Wildman–Crippen MR) is 116 cm³/mol. The predicted octanol–water partition coefficient (Wildman–Crippen LogP) is 4.43. The maximum absolute atomic E-state index is 13.0. The normalized spacial score (nSPS) is 11.0. The summed E-state index contributed by atoms with van der Waals surface area (Å²) in [6.45, 7) is 5.17. The number of amides is 2. The molecule has 0 fully saturated rings. The average Bonchev–Trinajstić information content (AvgIpc) is 3.28. The highest BCUT2D eigenvalue weighted by molar-refractivity contribution is 6.30. The molecule has 2 N–H and O–H groups in total. The van der Waals surface area contributed by atoms with Crippen LogP contribution in [0.25, 0.3) is 22.4 Å². The lowest BCUT2D eigenvalue weighted by atomic mass is 10.1. The van der Waals surface area contributed by atoms with Crippen LogP contribution in [0.1, 0.15) is 27.6 Å². The van der Waals surface area contributed by atoms with Crippen molar-refractivity contribution in [2.75, 3.05) is 11.9 Å². The van der Waals surface area contributed by atoms with Crippen LogP contribution >= 0.6 is 11.6 Å². The summed E-state index contributed by atoms with van der Waals surface area (Å²) in [6, 6.07) is 10.2. The Morgan fingerprint density at radius 3 is 2.52 bits per heavy atom. The molecule has 3 aromatic heterocycles. The van der Waals surface area contributed by atoms with Crippen molar-refractivity contribution >= 4 is 40.2 Å². The molecule has 1 aromatic carbocycles. The van der Waals surface area contributed by atoms with E-state index in [2.05, 4.69) is 20.8 Å². The van der Waals surface area contributed by atoms with Gasteiger partial charge >= 0.3 is 0 Å². The summed E-state index contributed by atoms with van der Waals surface area (Å²) in [5, 5.41) is 10.3. The molecule has 3 heterocycles. The highest BCUT2D eigenvalue weighted by atomic mass is 35.5. The fourth-order valence-corrected chi connectivity index (χ4v) is 3.42. The SMILES string of the molecule is Cc1cc(-c2cc(C(=O)NCC(=O)Nc3ccc(Cl)cc3)c3c(C)noc3n2)c(C)o1. The van der Waals surface area contributed by atoms with Gasteiger partial charge in [0.05, 0.1) is 28.9 Å². The van der Waals surface area contributed by atoms with Gasteiger partial charge in [0.15, 0.2) is 0 Å². The third-order valence-corrected chi connectivity index (χ3v) is 4.97. The molecule has 158 valence electrons. The maximum Gasteiger partial charge on any atom is 0.259 e. The van der Waals surface area contributed by atoms with Crippen LogP contribution in [0.4, 0.5) is 5.69 Å². The van der Waals surface area contributed by atoms with Crippen molar-refractivity contribution < 1.29 is 18.5 Å². The second kappa shape index (κ2) is 8.23. The van der Waals surface area contributed by atoms with Gasteiger partial charge in [-0.3, -0.25) is 9.59 Å². The first-order valence-electron chi connectivity index (χ1n) is 9.50. The van der Waals surface area contributed by atoms with Crippen LogP contribution in [-0.4, -0.2) is 28.5 Å². The maximum atomic E-state index is 13.0. The second-order valence-electron chi connectivity index (χ2n) is 7.07. The largest absolute Gasteiger partial charge is 0.466 e. The van der Waals surface area contributed by atoms with Crippen molar-refractivity contribution in [2.24, 2.45) is 0 Å². The number of anilines is 1. The molecule has 0 aliphatic rings. The fourth-order valence-electron chi connectivity index (χ4n) is 3.29. The molecule has 0 spiro atoms. The molecule has 0 saturated carbocycles. The van der Waals surface area contributed by atoms with Gasteiger partial charge in [-0.2, -0.15) is 0 Å². The Morgan fingerprint density at radius 1 is 1.10 bits per heavy atom. The van der Waals surface area contributed by atoms with Crippen LogP contribution in [0, 0.1) is 20.8 Å². The molecule has 0 aliphatic heterocycles. The van der Waals surface area contributed by atoms with Crippen molar-refractivity contribution in [3.05, 3.63) is 64.2 Å². The van der Waals surface area contributed by atoms with Crippen molar-refractivity contribution in [3.63, 3.8) is 0 Å². The Kier molecular flexibility index (Phi) is 5.48. The lowest BCUT2D eigenvalue weighted by molar-refractivity contribution is -0.115. The molecular formula is C22H19ClN4O4. The van der Waals surface area contributed by atoms with Crippen molar-refractivity contribution in [3.8, 4) is 11.3 Å². The van der Waals surface area contributed by atoms with E-state index in [0.29, 0.717) is 38.8 Å². The summed E-state index contributed by atoms with van der Waals surface area (Å²) < 4.78 is 10.9. The van der Waals surface area contributed by atoms with Crippen LogP contribution in [0.5, 0.6) is 0 Å². The van der Waals surface area contributed by atoms with Gasteiger partial charge in [0, 0.05) is 16.3 Å². The molecule has 0 saturated heterocycles. The second-order valence-corrected chi connectivity index (χ2v) is 7.50.